The molecular weight excluding hydrogens is 1230 g/mol. The van der Waals surface area contributed by atoms with Crippen molar-refractivity contribution in [1.29, 1.82) is 0 Å². The zero-order valence-electron chi connectivity index (χ0n) is 43.8. The number of benzene rings is 6. The molecule has 0 fully saturated rings. The molecule has 0 saturated carbocycles. The molecule has 15 nitrogen and oxygen atoms in total. The number of halogens is 3. The zero-order valence-corrected chi connectivity index (χ0v) is 51.0. The number of Topliss-reactive ketones (excluding diaryl/α,β-unsaturated/α-hetero) is 3. The minimum absolute atomic E-state index is 0.0823. The molecule has 6 aromatic carbocycles. The van der Waals surface area contributed by atoms with Gasteiger partial charge in [-0.25, -0.2) is 40.2 Å². The maximum absolute atomic E-state index is 12.5. The summed E-state index contributed by atoms with van der Waals surface area (Å²) >= 11 is 22.9. The first kappa shape index (κ1) is 64.4. The van der Waals surface area contributed by atoms with Crippen LogP contribution < -0.4 is 0 Å². The van der Waals surface area contributed by atoms with Crippen LogP contribution in [0, 0.1) is 0 Å². The van der Waals surface area contributed by atoms with E-state index in [0.29, 0.717) is 21.7 Å². The predicted octanol–water partition coefficient (Wildman–Crippen LogP) is 12.3. The van der Waals surface area contributed by atoms with Crippen LogP contribution in [0.1, 0.15) is 64.7 Å². The summed E-state index contributed by atoms with van der Waals surface area (Å²) in [4.78, 5) is 67.2. The summed E-state index contributed by atoms with van der Waals surface area (Å²) in [6, 6.07) is 35.2. The summed E-state index contributed by atoms with van der Waals surface area (Å²) in [5.41, 5.74) is 10.8. The molecule has 0 amide bonds. The monoisotopic (exact) mass is 1280 g/mol. The quantitative estimate of drug-likeness (QED) is 0.0833. The van der Waals surface area contributed by atoms with E-state index >= 15 is 0 Å². The Hall–Kier alpha value is -6.72. The van der Waals surface area contributed by atoms with Crippen molar-refractivity contribution >= 4 is 122 Å². The number of aliphatic hydroxyl groups excluding tert-OH is 1. The molecule has 0 unspecified atom stereocenters. The Morgan fingerprint density at radius 2 is 0.805 bits per heavy atom. The first-order valence-corrected chi connectivity index (χ1v) is 33.6. The number of carbonyl (C=O) groups excluding carboxylic acids is 5. The van der Waals surface area contributed by atoms with E-state index in [-0.39, 0.29) is 79.1 Å². The molecule has 424 valence electrons. The van der Waals surface area contributed by atoms with Gasteiger partial charge in [0.25, 0.3) is 0 Å². The molecule has 9 rings (SSSR count). The zero-order chi connectivity index (χ0) is 59.9. The van der Waals surface area contributed by atoms with Crippen molar-refractivity contribution in [3.8, 4) is 33.8 Å². The molecule has 82 heavy (non-hydrogen) atoms. The van der Waals surface area contributed by atoms with Crippen molar-refractivity contribution in [2.75, 3.05) is 18.8 Å². The summed E-state index contributed by atoms with van der Waals surface area (Å²) in [6.45, 7) is 1.99. The lowest BCUT2D eigenvalue weighted by Gasteiger charge is -2.07. The Balaban J connectivity index is 0.000000193. The standard InChI is InChI=1S/C20H18ClNO3S2.C19H16ClNO4S2.C18H14ClNO3S2.CO2/c1-3-20-22-18(12-26-20)14-6-4-13(5-7-14)10-19(23)16-9-8-15(11-17(16)21)27(2,24)25;1-27(24,25)14-6-7-15(16(20)9-14)18(23)8-12-2-4-13(5-3-12)17-11-26-19(10-22)21-17;1-25(22,23)14-6-7-15(16(19)9-14)18(21)8-12-2-4-13(5-3-12)17-10-24-11-20-17;2-1-3/h4-9,11-12H,3,10H2,1-2H3;2-7,9,11,22H,8,10H2,1H3;2-7,9-11H,8H2,1H3;. The van der Waals surface area contributed by atoms with Crippen molar-refractivity contribution in [2.24, 2.45) is 0 Å². The van der Waals surface area contributed by atoms with Crippen LogP contribution in [0.2, 0.25) is 15.1 Å². The minimum Gasteiger partial charge on any atom is -0.389 e. The molecule has 0 aliphatic heterocycles. The maximum atomic E-state index is 12.5. The molecule has 24 heteroatoms. The molecule has 0 spiro atoms. The SMILES string of the molecule is CCc1nc(-c2ccc(CC(=O)c3ccc(S(C)(=O)=O)cc3Cl)cc2)cs1.CS(=O)(=O)c1ccc(C(=O)Cc2ccc(-c3csc(CO)n3)cc2)c(Cl)c1.CS(=O)(=O)c1ccc(C(=O)Cc2ccc(-c3cscn3)cc2)c(Cl)c1.O=C=O. The largest absolute Gasteiger partial charge is 0.389 e. The number of hydrogen-bond donors (Lipinski definition) is 1. The Morgan fingerprint density at radius 3 is 1.06 bits per heavy atom. The number of nitrogens with zero attached hydrogens (tertiary/aromatic N) is 3. The number of hydrogen-bond acceptors (Lipinski definition) is 18. The summed E-state index contributed by atoms with van der Waals surface area (Å²) in [6.07, 6.45) is 4.99. The summed E-state index contributed by atoms with van der Waals surface area (Å²) in [7, 11) is -10.1. The van der Waals surface area contributed by atoms with Gasteiger partial charge in [0.15, 0.2) is 46.9 Å². The molecular formula is C58H48Cl3N3O12S6. The van der Waals surface area contributed by atoms with Crippen LogP contribution in [0.5, 0.6) is 0 Å². The van der Waals surface area contributed by atoms with Crippen LogP contribution in [0.4, 0.5) is 0 Å². The van der Waals surface area contributed by atoms with E-state index in [1.54, 1.807) is 16.8 Å². The molecule has 9 aromatic rings. The number of aromatic nitrogens is 3. The summed E-state index contributed by atoms with van der Waals surface area (Å²) in [5, 5.41) is 17.1. The number of sulfone groups is 3. The van der Waals surface area contributed by atoms with Gasteiger partial charge in [0.05, 0.1) is 64.0 Å². The third-order valence-electron chi connectivity index (χ3n) is 11.8. The second kappa shape index (κ2) is 29.0. The van der Waals surface area contributed by atoms with Crippen LogP contribution in [0.15, 0.2) is 164 Å². The number of rotatable bonds is 17. The Bertz CT molecular complexity index is 3950. The molecule has 3 heterocycles. The van der Waals surface area contributed by atoms with Gasteiger partial charge in [0, 0.05) is 87.6 Å². The van der Waals surface area contributed by atoms with Gasteiger partial charge >= 0.3 is 6.15 Å². The van der Waals surface area contributed by atoms with Crippen LogP contribution in [-0.2, 0) is 71.4 Å². The topological polar surface area (TPSA) is 247 Å². The fourth-order valence-corrected chi connectivity index (χ4v) is 12.5. The number of aliphatic hydroxyl groups is 1. The first-order chi connectivity index (χ1) is 38.8. The third-order valence-corrected chi connectivity index (χ3v) is 18.5. The number of ketones is 3. The lowest BCUT2D eigenvalue weighted by molar-refractivity contribution is -0.191. The average molecular weight is 1280 g/mol. The Labute approximate surface area is 501 Å². The third kappa shape index (κ3) is 18.1. The molecule has 0 radical (unpaired) electrons. The van der Waals surface area contributed by atoms with Gasteiger partial charge in [0.1, 0.15) is 5.01 Å². The highest BCUT2D eigenvalue weighted by Gasteiger charge is 2.19. The molecule has 3 aromatic heterocycles. The van der Waals surface area contributed by atoms with Gasteiger partial charge in [0.2, 0.25) is 0 Å². The molecule has 0 aliphatic carbocycles. The molecule has 0 bridgehead atoms. The normalized spacial score (nSPS) is 11.2. The Morgan fingerprint density at radius 1 is 0.488 bits per heavy atom. The summed E-state index contributed by atoms with van der Waals surface area (Å²) < 4.78 is 69.4. The maximum Gasteiger partial charge on any atom is 0.373 e. The highest BCUT2D eigenvalue weighted by atomic mass is 35.5. The molecule has 0 atom stereocenters. The molecule has 0 saturated heterocycles. The van der Waals surface area contributed by atoms with Crippen molar-refractivity contribution in [1.82, 2.24) is 15.0 Å². The van der Waals surface area contributed by atoms with Crippen LogP contribution in [0.25, 0.3) is 33.8 Å². The van der Waals surface area contributed by atoms with E-state index in [4.69, 9.17) is 49.5 Å². The lowest BCUT2D eigenvalue weighted by atomic mass is 10.0. The van der Waals surface area contributed by atoms with E-state index in [9.17, 15) is 39.6 Å². The van der Waals surface area contributed by atoms with Gasteiger partial charge in [-0.15, -0.1) is 34.0 Å². The van der Waals surface area contributed by atoms with E-state index in [2.05, 4.69) is 21.9 Å². The van der Waals surface area contributed by atoms with Crippen molar-refractivity contribution in [3.63, 3.8) is 0 Å². The van der Waals surface area contributed by atoms with Crippen molar-refractivity contribution < 1.29 is 54.3 Å². The number of carbonyl (C=O) groups is 3. The van der Waals surface area contributed by atoms with Gasteiger partial charge in [-0.3, -0.25) is 14.4 Å². The van der Waals surface area contributed by atoms with Crippen molar-refractivity contribution in [2.45, 2.75) is 53.9 Å². The average Bonchev–Trinajstić information content (AvgIpc) is 4.41. The van der Waals surface area contributed by atoms with Crippen molar-refractivity contribution in [3.05, 3.63) is 208 Å². The minimum atomic E-state index is -3.37. The lowest BCUT2D eigenvalue weighted by Crippen LogP contribution is -2.06. The highest BCUT2D eigenvalue weighted by Crippen LogP contribution is 2.29. The van der Waals surface area contributed by atoms with Gasteiger partial charge < -0.3 is 5.11 Å². The van der Waals surface area contributed by atoms with Gasteiger partial charge in [-0.1, -0.05) is 115 Å². The van der Waals surface area contributed by atoms with E-state index < -0.39 is 29.5 Å². The van der Waals surface area contributed by atoms with Gasteiger partial charge in [-0.05, 0) is 77.7 Å². The van der Waals surface area contributed by atoms with E-state index in [1.807, 2.05) is 88.9 Å². The molecule has 0 aliphatic rings. The smallest absolute Gasteiger partial charge is 0.373 e. The first-order valence-electron chi connectivity index (χ1n) is 24.0. The number of thiazole rings is 3. The fraction of sp³-hybridized carbons (Fsp3) is 0.155. The second-order valence-corrected chi connectivity index (χ2v) is 27.7. The van der Waals surface area contributed by atoms with Crippen LogP contribution in [0.3, 0.4) is 0 Å². The van der Waals surface area contributed by atoms with E-state index in [1.165, 1.54) is 77.3 Å². The Kier molecular flexibility index (Phi) is 22.8. The van der Waals surface area contributed by atoms with E-state index in [0.717, 1.165) is 80.7 Å². The number of aryl methyl sites for hydroxylation is 1. The molecule has 1 N–H and O–H groups in total. The van der Waals surface area contributed by atoms with Crippen LogP contribution in [-0.4, -0.2) is 87.6 Å². The highest BCUT2D eigenvalue weighted by molar-refractivity contribution is 7.91. The second-order valence-electron chi connectivity index (χ2n) is 17.9. The fourth-order valence-electron chi connectivity index (χ4n) is 7.56. The van der Waals surface area contributed by atoms with Crippen LogP contribution >= 0.6 is 68.8 Å². The van der Waals surface area contributed by atoms with Gasteiger partial charge in [-0.2, -0.15) is 9.59 Å². The predicted molar refractivity (Wildman–Crippen MR) is 321 cm³/mol. The summed E-state index contributed by atoms with van der Waals surface area (Å²) in [5.74, 6) is -0.509.